The minimum Gasteiger partial charge on any atom is -0.383 e. The number of rotatable bonds is 6. The Hall–Kier alpha value is -0.810. The zero-order valence-corrected chi connectivity index (χ0v) is 12.4. The summed E-state index contributed by atoms with van der Waals surface area (Å²) < 4.78 is 10.3. The summed E-state index contributed by atoms with van der Waals surface area (Å²) in [6.07, 6.45) is 0. The lowest BCUT2D eigenvalue weighted by Crippen LogP contribution is -2.38. The average molecular weight is 257 g/mol. The number of guanidine groups is 1. The van der Waals surface area contributed by atoms with Crippen LogP contribution in [0.2, 0.25) is 0 Å². The van der Waals surface area contributed by atoms with Crippen LogP contribution in [0, 0.1) is 0 Å². The quantitative estimate of drug-likeness (QED) is 0.713. The van der Waals surface area contributed by atoms with Crippen molar-refractivity contribution in [3.63, 3.8) is 0 Å². The number of hydrogen-bond acceptors (Lipinski definition) is 3. The molecule has 0 aromatic rings. The largest absolute Gasteiger partial charge is 0.383 e. The molecule has 0 radical (unpaired) electrons. The van der Waals surface area contributed by atoms with Crippen molar-refractivity contribution < 1.29 is 9.47 Å². The fourth-order valence-electron chi connectivity index (χ4n) is 1.91. The SMILES string of the molecule is COCCN1CCN(CCOC)C1=NC(C)(C)C. The summed E-state index contributed by atoms with van der Waals surface area (Å²) in [6.45, 7) is 11.7. The molecule has 0 saturated carbocycles. The van der Waals surface area contributed by atoms with Crippen LogP contribution in [0.3, 0.4) is 0 Å². The maximum absolute atomic E-state index is 5.16. The second kappa shape index (κ2) is 6.95. The van der Waals surface area contributed by atoms with Crippen LogP contribution >= 0.6 is 0 Å². The van der Waals surface area contributed by atoms with Crippen molar-refractivity contribution in [3.8, 4) is 0 Å². The fourth-order valence-corrected chi connectivity index (χ4v) is 1.91. The lowest BCUT2D eigenvalue weighted by Gasteiger charge is -2.26. The van der Waals surface area contributed by atoms with Gasteiger partial charge >= 0.3 is 0 Å². The first-order valence-corrected chi connectivity index (χ1v) is 6.55. The average Bonchev–Trinajstić information content (AvgIpc) is 2.64. The number of aliphatic imine (C=N–C) groups is 1. The molecular weight excluding hydrogens is 230 g/mol. The predicted octanol–water partition coefficient (Wildman–Crippen LogP) is 1.05. The predicted molar refractivity (Wildman–Crippen MR) is 74.1 cm³/mol. The molecule has 1 fully saturated rings. The normalized spacial score (nSPS) is 16.6. The second-order valence-electron chi connectivity index (χ2n) is 5.54. The van der Waals surface area contributed by atoms with Crippen molar-refractivity contribution >= 4 is 5.96 Å². The third-order valence-electron chi connectivity index (χ3n) is 2.77. The van der Waals surface area contributed by atoms with E-state index < -0.39 is 0 Å². The van der Waals surface area contributed by atoms with Gasteiger partial charge in [-0.3, -0.25) is 0 Å². The molecule has 5 nitrogen and oxygen atoms in total. The minimum atomic E-state index is -0.0592. The molecule has 0 N–H and O–H groups in total. The molecule has 1 heterocycles. The molecule has 0 amide bonds. The van der Waals surface area contributed by atoms with E-state index in [9.17, 15) is 0 Å². The summed E-state index contributed by atoms with van der Waals surface area (Å²) in [5.74, 6) is 1.08. The van der Waals surface area contributed by atoms with Crippen LogP contribution in [0.4, 0.5) is 0 Å². The summed E-state index contributed by atoms with van der Waals surface area (Å²) in [5, 5.41) is 0. The van der Waals surface area contributed by atoms with Crippen molar-refractivity contribution in [3.05, 3.63) is 0 Å². The smallest absolute Gasteiger partial charge is 0.197 e. The Morgan fingerprint density at radius 1 is 1.00 bits per heavy atom. The summed E-state index contributed by atoms with van der Waals surface area (Å²) >= 11 is 0. The maximum atomic E-state index is 5.16. The molecule has 18 heavy (non-hydrogen) atoms. The molecular formula is C13H27N3O2. The first kappa shape index (κ1) is 15.2. The van der Waals surface area contributed by atoms with Crippen LogP contribution < -0.4 is 0 Å². The summed E-state index contributed by atoms with van der Waals surface area (Å²) in [5.41, 5.74) is -0.0592. The maximum Gasteiger partial charge on any atom is 0.197 e. The van der Waals surface area contributed by atoms with E-state index in [-0.39, 0.29) is 5.54 Å². The van der Waals surface area contributed by atoms with E-state index in [1.807, 2.05) is 0 Å². The number of nitrogens with zero attached hydrogens (tertiary/aromatic N) is 3. The topological polar surface area (TPSA) is 37.3 Å². The van der Waals surface area contributed by atoms with E-state index in [2.05, 4.69) is 30.6 Å². The highest BCUT2D eigenvalue weighted by atomic mass is 16.5. The van der Waals surface area contributed by atoms with Gasteiger partial charge in [0.1, 0.15) is 0 Å². The Balaban J connectivity index is 2.72. The lowest BCUT2D eigenvalue weighted by atomic mass is 10.1. The highest BCUT2D eigenvalue weighted by molar-refractivity contribution is 5.82. The first-order chi connectivity index (χ1) is 8.48. The van der Waals surface area contributed by atoms with Crippen molar-refractivity contribution in [1.82, 2.24) is 9.80 Å². The van der Waals surface area contributed by atoms with E-state index in [0.717, 1.165) is 45.4 Å². The molecule has 1 rings (SSSR count). The van der Waals surface area contributed by atoms with Crippen molar-refractivity contribution in [2.75, 3.05) is 53.6 Å². The van der Waals surface area contributed by atoms with E-state index in [0.29, 0.717) is 0 Å². The van der Waals surface area contributed by atoms with Crippen LogP contribution in [0.15, 0.2) is 4.99 Å². The van der Waals surface area contributed by atoms with Gasteiger partial charge in [-0.05, 0) is 20.8 Å². The molecule has 1 aliphatic heterocycles. The zero-order valence-electron chi connectivity index (χ0n) is 12.4. The Bertz CT molecular complexity index is 256. The van der Waals surface area contributed by atoms with E-state index in [1.54, 1.807) is 14.2 Å². The summed E-state index contributed by atoms with van der Waals surface area (Å²) in [7, 11) is 3.47. The van der Waals surface area contributed by atoms with Gasteiger partial charge in [0.15, 0.2) is 5.96 Å². The molecule has 0 aromatic carbocycles. The number of ether oxygens (including phenoxy) is 2. The van der Waals surface area contributed by atoms with Crippen LogP contribution in [-0.4, -0.2) is 74.9 Å². The van der Waals surface area contributed by atoms with Crippen molar-refractivity contribution in [1.29, 1.82) is 0 Å². The number of methoxy groups -OCH3 is 2. The van der Waals surface area contributed by atoms with Gasteiger partial charge in [-0.15, -0.1) is 0 Å². The molecule has 106 valence electrons. The lowest BCUT2D eigenvalue weighted by molar-refractivity contribution is 0.176. The first-order valence-electron chi connectivity index (χ1n) is 6.55. The van der Waals surface area contributed by atoms with Crippen LogP contribution in [0.1, 0.15) is 20.8 Å². The minimum absolute atomic E-state index is 0.0592. The molecule has 5 heteroatoms. The van der Waals surface area contributed by atoms with Crippen molar-refractivity contribution in [2.45, 2.75) is 26.3 Å². The molecule has 1 saturated heterocycles. The highest BCUT2D eigenvalue weighted by Crippen LogP contribution is 2.15. The molecule has 0 aliphatic carbocycles. The van der Waals surface area contributed by atoms with Gasteiger partial charge in [-0.25, -0.2) is 4.99 Å². The Kier molecular flexibility index (Phi) is 5.88. The monoisotopic (exact) mass is 257 g/mol. The molecule has 0 unspecified atom stereocenters. The van der Waals surface area contributed by atoms with Gasteiger partial charge in [0, 0.05) is 40.4 Å². The van der Waals surface area contributed by atoms with Gasteiger partial charge in [0.2, 0.25) is 0 Å². The fraction of sp³-hybridized carbons (Fsp3) is 0.923. The van der Waals surface area contributed by atoms with Gasteiger partial charge in [0.25, 0.3) is 0 Å². The molecule has 0 aromatic heterocycles. The number of hydrogen-bond donors (Lipinski definition) is 0. The Labute approximate surface area is 111 Å². The summed E-state index contributed by atoms with van der Waals surface area (Å²) in [6, 6.07) is 0. The van der Waals surface area contributed by atoms with Gasteiger partial charge < -0.3 is 19.3 Å². The molecule has 0 bridgehead atoms. The van der Waals surface area contributed by atoms with E-state index in [4.69, 9.17) is 14.5 Å². The standard InChI is InChI=1S/C13H27N3O2/c1-13(2,3)14-12-15(8-10-17-4)6-7-16(12)9-11-18-5/h6-11H2,1-5H3. The van der Waals surface area contributed by atoms with Crippen LogP contribution in [-0.2, 0) is 9.47 Å². The van der Waals surface area contributed by atoms with Crippen LogP contribution in [0.5, 0.6) is 0 Å². The van der Waals surface area contributed by atoms with Gasteiger partial charge in [-0.2, -0.15) is 0 Å². The van der Waals surface area contributed by atoms with E-state index >= 15 is 0 Å². The van der Waals surface area contributed by atoms with Crippen molar-refractivity contribution in [2.24, 2.45) is 4.99 Å². The zero-order chi connectivity index (χ0) is 13.6. The molecule has 1 aliphatic rings. The van der Waals surface area contributed by atoms with Gasteiger partial charge in [-0.1, -0.05) is 0 Å². The molecule has 0 atom stereocenters. The third kappa shape index (κ3) is 4.82. The highest BCUT2D eigenvalue weighted by Gasteiger charge is 2.27. The van der Waals surface area contributed by atoms with Gasteiger partial charge in [0.05, 0.1) is 18.8 Å². The Morgan fingerprint density at radius 3 is 1.78 bits per heavy atom. The second-order valence-corrected chi connectivity index (χ2v) is 5.54. The van der Waals surface area contributed by atoms with Crippen LogP contribution in [0.25, 0.3) is 0 Å². The molecule has 0 spiro atoms. The summed E-state index contributed by atoms with van der Waals surface area (Å²) in [4.78, 5) is 9.43. The van der Waals surface area contributed by atoms with E-state index in [1.165, 1.54) is 0 Å². The Morgan fingerprint density at radius 2 is 1.44 bits per heavy atom. The third-order valence-corrected chi connectivity index (χ3v) is 2.77.